The van der Waals surface area contributed by atoms with E-state index >= 15 is 0 Å². The maximum Gasteiger partial charge on any atom is 0.119 e. The van der Waals surface area contributed by atoms with Crippen molar-refractivity contribution in [1.29, 1.82) is 0 Å². The normalized spacial score (nSPS) is 20.4. The SMILES string of the molecule is CC(C)Oc1ccc(C(C)NC(C2CC2)C2CC2)cc1. The van der Waals surface area contributed by atoms with Crippen LogP contribution >= 0.6 is 0 Å². The zero-order valence-electron chi connectivity index (χ0n) is 12.9. The number of hydrogen-bond donors (Lipinski definition) is 1. The molecule has 110 valence electrons. The molecule has 0 spiro atoms. The van der Waals surface area contributed by atoms with Crippen LogP contribution in [0.25, 0.3) is 0 Å². The molecule has 2 fully saturated rings. The molecule has 0 aromatic heterocycles. The van der Waals surface area contributed by atoms with Crippen molar-refractivity contribution in [2.75, 3.05) is 0 Å². The highest BCUT2D eigenvalue weighted by atomic mass is 16.5. The Morgan fingerprint density at radius 2 is 1.50 bits per heavy atom. The summed E-state index contributed by atoms with van der Waals surface area (Å²) >= 11 is 0. The zero-order valence-corrected chi connectivity index (χ0v) is 12.9. The molecule has 0 saturated heterocycles. The van der Waals surface area contributed by atoms with Crippen LogP contribution in [0.15, 0.2) is 24.3 Å². The van der Waals surface area contributed by atoms with Gasteiger partial charge in [-0.1, -0.05) is 12.1 Å². The van der Waals surface area contributed by atoms with Gasteiger partial charge in [0.15, 0.2) is 0 Å². The van der Waals surface area contributed by atoms with E-state index < -0.39 is 0 Å². The Bertz CT molecular complexity index is 419. The van der Waals surface area contributed by atoms with Crippen molar-refractivity contribution in [3.63, 3.8) is 0 Å². The molecule has 1 aromatic rings. The van der Waals surface area contributed by atoms with Crippen molar-refractivity contribution in [2.45, 2.75) is 64.6 Å². The molecule has 2 aliphatic carbocycles. The van der Waals surface area contributed by atoms with Gasteiger partial charge in [0.05, 0.1) is 6.10 Å². The van der Waals surface area contributed by atoms with E-state index in [4.69, 9.17) is 4.74 Å². The molecule has 2 aliphatic rings. The molecular formula is C18H27NO. The Kier molecular flexibility index (Phi) is 4.02. The number of rotatable bonds is 7. The third-order valence-electron chi connectivity index (χ3n) is 4.45. The molecule has 0 bridgehead atoms. The molecule has 2 saturated carbocycles. The van der Waals surface area contributed by atoms with Crippen molar-refractivity contribution in [3.05, 3.63) is 29.8 Å². The van der Waals surface area contributed by atoms with Gasteiger partial charge in [0.1, 0.15) is 5.75 Å². The third-order valence-corrected chi connectivity index (χ3v) is 4.45. The van der Waals surface area contributed by atoms with Gasteiger partial charge in [0.25, 0.3) is 0 Å². The molecule has 1 aromatic carbocycles. The maximum absolute atomic E-state index is 5.71. The van der Waals surface area contributed by atoms with Crippen molar-refractivity contribution in [2.24, 2.45) is 11.8 Å². The quantitative estimate of drug-likeness (QED) is 0.799. The van der Waals surface area contributed by atoms with Crippen LogP contribution in [-0.4, -0.2) is 12.1 Å². The second-order valence-electron chi connectivity index (χ2n) is 6.82. The van der Waals surface area contributed by atoms with E-state index in [1.54, 1.807) is 0 Å². The van der Waals surface area contributed by atoms with E-state index in [9.17, 15) is 0 Å². The zero-order chi connectivity index (χ0) is 14.1. The summed E-state index contributed by atoms with van der Waals surface area (Å²) in [6.07, 6.45) is 5.97. The molecule has 0 radical (unpaired) electrons. The van der Waals surface area contributed by atoms with E-state index in [2.05, 4.69) is 50.4 Å². The lowest BCUT2D eigenvalue weighted by Gasteiger charge is -2.23. The number of benzene rings is 1. The summed E-state index contributed by atoms with van der Waals surface area (Å²) in [5.74, 6) is 2.87. The lowest BCUT2D eigenvalue weighted by atomic mass is 10.0. The molecule has 0 heterocycles. The largest absolute Gasteiger partial charge is 0.491 e. The minimum absolute atomic E-state index is 0.241. The molecule has 0 aliphatic heterocycles. The molecule has 3 rings (SSSR count). The van der Waals surface area contributed by atoms with Gasteiger partial charge in [-0.05, 0) is 76.0 Å². The Hall–Kier alpha value is -1.02. The van der Waals surface area contributed by atoms with Crippen molar-refractivity contribution < 1.29 is 4.74 Å². The average Bonchev–Trinajstić information content (AvgIpc) is 3.28. The van der Waals surface area contributed by atoms with E-state index in [1.165, 1.54) is 31.2 Å². The monoisotopic (exact) mass is 273 g/mol. The molecule has 0 amide bonds. The van der Waals surface area contributed by atoms with Gasteiger partial charge in [-0.25, -0.2) is 0 Å². The summed E-state index contributed by atoms with van der Waals surface area (Å²) in [5.41, 5.74) is 1.37. The highest BCUT2D eigenvalue weighted by Gasteiger charge is 2.41. The van der Waals surface area contributed by atoms with Crippen LogP contribution in [0, 0.1) is 11.8 Å². The lowest BCUT2D eigenvalue weighted by molar-refractivity contribution is 0.242. The average molecular weight is 273 g/mol. The van der Waals surface area contributed by atoms with Crippen LogP contribution in [0.3, 0.4) is 0 Å². The van der Waals surface area contributed by atoms with Crippen LogP contribution in [0.2, 0.25) is 0 Å². The van der Waals surface area contributed by atoms with E-state index in [0.29, 0.717) is 6.04 Å². The van der Waals surface area contributed by atoms with Gasteiger partial charge in [-0.2, -0.15) is 0 Å². The van der Waals surface area contributed by atoms with Gasteiger partial charge in [-0.15, -0.1) is 0 Å². The summed E-state index contributed by atoms with van der Waals surface area (Å²) in [6, 6.07) is 9.79. The van der Waals surface area contributed by atoms with Crippen LogP contribution in [0.4, 0.5) is 0 Å². The molecule has 1 N–H and O–H groups in total. The Morgan fingerprint density at radius 1 is 0.950 bits per heavy atom. The summed E-state index contributed by atoms with van der Waals surface area (Å²) in [6.45, 7) is 6.41. The van der Waals surface area contributed by atoms with Gasteiger partial charge in [0, 0.05) is 12.1 Å². The van der Waals surface area contributed by atoms with Crippen molar-refractivity contribution in [3.8, 4) is 5.75 Å². The fourth-order valence-corrected chi connectivity index (χ4v) is 3.06. The second-order valence-corrected chi connectivity index (χ2v) is 6.82. The van der Waals surface area contributed by atoms with Gasteiger partial charge >= 0.3 is 0 Å². The number of nitrogens with one attached hydrogen (secondary N) is 1. The molecule has 1 unspecified atom stereocenters. The molecule has 2 nitrogen and oxygen atoms in total. The van der Waals surface area contributed by atoms with Crippen LogP contribution in [0.5, 0.6) is 5.75 Å². The fourth-order valence-electron chi connectivity index (χ4n) is 3.06. The standard InChI is InChI=1S/C18H27NO/c1-12(2)20-17-10-8-14(9-11-17)13(3)19-18(15-4-5-15)16-6-7-16/h8-13,15-16,18-19H,4-7H2,1-3H3. The van der Waals surface area contributed by atoms with Gasteiger partial charge in [-0.3, -0.25) is 0 Å². The lowest BCUT2D eigenvalue weighted by Crippen LogP contribution is -2.35. The van der Waals surface area contributed by atoms with E-state index in [0.717, 1.165) is 23.6 Å². The first-order valence-corrected chi connectivity index (χ1v) is 8.16. The Morgan fingerprint density at radius 3 is 1.95 bits per heavy atom. The fraction of sp³-hybridized carbons (Fsp3) is 0.667. The minimum Gasteiger partial charge on any atom is -0.491 e. The molecular weight excluding hydrogens is 246 g/mol. The van der Waals surface area contributed by atoms with Crippen LogP contribution < -0.4 is 10.1 Å². The first kappa shape index (κ1) is 13.9. The van der Waals surface area contributed by atoms with Crippen LogP contribution in [-0.2, 0) is 0 Å². The summed E-state index contributed by atoms with van der Waals surface area (Å²) in [4.78, 5) is 0. The maximum atomic E-state index is 5.71. The summed E-state index contributed by atoms with van der Waals surface area (Å²) < 4.78 is 5.71. The van der Waals surface area contributed by atoms with E-state index in [-0.39, 0.29) is 6.10 Å². The smallest absolute Gasteiger partial charge is 0.119 e. The van der Waals surface area contributed by atoms with Crippen molar-refractivity contribution >= 4 is 0 Å². The highest BCUT2D eigenvalue weighted by Crippen LogP contribution is 2.45. The minimum atomic E-state index is 0.241. The molecule has 2 heteroatoms. The first-order valence-electron chi connectivity index (χ1n) is 8.16. The predicted molar refractivity (Wildman–Crippen MR) is 83.0 cm³/mol. The van der Waals surface area contributed by atoms with Gasteiger partial charge < -0.3 is 10.1 Å². The molecule has 20 heavy (non-hydrogen) atoms. The topological polar surface area (TPSA) is 21.3 Å². The second kappa shape index (κ2) is 5.77. The van der Waals surface area contributed by atoms with E-state index in [1.807, 2.05) is 0 Å². The molecule has 1 atom stereocenters. The Balaban J connectivity index is 1.59. The summed E-state index contributed by atoms with van der Waals surface area (Å²) in [7, 11) is 0. The number of hydrogen-bond acceptors (Lipinski definition) is 2. The first-order chi connectivity index (χ1) is 9.63. The third kappa shape index (κ3) is 3.54. The Labute approximate surface area is 122 Å². The highest BCUT2D eigenvalue weighted by molar-refractivity contribution is 5.29. The number of ether oxygens (including phenoxy) is 1. The van der Waals surface area contributed by atoms with Gasteiger partial charge in [0.2, 0.25) is 0 Å². The summed E-state index contributed by atoms with van der Waals surface area (Å²) in [5, 5.41) is 3.88. The predicted octanol–water partition coefficient (Wildman–Crippen LogP) is 4.31. The van der Waals surface area contributed by atoms with Crippen LogP contribution in [0.1, 0.15) is 58.1 Å². The van der Waals surface area contributed by atoms with Crippen molar-refractivity contribution in [1.82, 2.24) is 5.32 Å².